The Morgan fingerprint density at radius 1 is 1.44 bits per heavy atom. The fraction of sp³-hybridized carbons (Fsp3) is 0.500. The highest BCUT2D eigenvalue weighted by Gasteiger charge is 2.26. The van der Waals surface area contributed by atoms with Crippen LogP contribution in [0.25, 0.3) is 0 Å². The first-order valence-electron chi connectivity index (χ1n) is 5.63. The summed E-state index contributed by atoms with van der Waals surface area (Å²) in [7, 11) is 0. The first kappa shape index (κ1) is 11.7. The van der Waals surface area contributed by atoms with Gasteiger partial charge in [0.25, 0.3) is 0 Å². The highest BCUT2D eigenvalue weighted by Crippen LogP contribution is 2.31. The molecule has 0 radical (unpaired) electrons. The first-order valence-corrected chi connectivity index (χ1v) is 6.42. The van der Waals surface area contributed by atoms with E-state index in [1.165, 1.54) is 6.42 Å². The van der Waals surface area contributed by atoms with Crippen LogP contribution < -0.4 is 11.1 Å². The van der Waals surface area contributed by atoms with Crippen LogP contribution in [0.15, 0.2) is 22.7 Å². The van der Waals surface area contributed by atoms with Crippen molar-refractivity contribution < 1.29 is 5.11 Å². The van der Waals surface area contributed by atoms with Crippen LogP contribution in [0.1, 0.15) is 19.3 Å². The number of benzene rings is 1. The zero-order valence-corrected chi connectivity index (χ0v) is 10.7. The molecule has 3 nitrogen and oxygen atoms in total. The molecular weight excluding hydrogens is 268 g/mol. The van der Waals surface area contributed by atoms with E-state index in [9.17, 15) is 5.11 Å². The number of hydrogen-bond donors (Lipinski definition) is 3. The lowest BCUT2D eigenvalue weighted by atomic mass is 10.0. The Labute approximate surface area is 104 Å². The Morgan fingerprint density at radius 3 is 2.94 bits per heavy atom. The first-order chi connectivity index (χ1) is 7.70. The van der Waals surface area contributed by atoms with Gasteiger partial charge < -0.3 is 16.2 Å². The zero-order valence-electron chi connectivity index (χ0n) is 9.12. The predicted octanol–water partition coefficient (Wildman–Crippen LogP) is 2.60. The molecule has 0 bridgehead atoms. The lowest BCUT2D eigenvalue weighted by Crippen LogP contribution is -2.26. The maximum Gasteiger partial charge on any atom is 0.0488 e. The number of aliphatic hydroxyl groups excluding tert-OH is 1. The molecule has 1 aliphatic rings. The average Bonchev–Trinajstić information content (AvgIpc) is 2.69. The van der Waals surface area contributed by atoms with E-state index in [4.69, 9.17) is 5.73 Å². The summed E-state index contributed by atoms with van der Waals surface area (Å²) in [4.78, 5) is 0. The Hall–Kier alpha value is -0.740. The van der Waals surface area contributed by atoms with Crippen LogP contribution in [0.5, 0.6) is 0 Å². The molecule has 4 N–H and O–H groups in total. The third-order valence-electron chi connectivity index (χ3n) is 3.23. The molecule has 1 aliphatic carbocycles. The standard InChI is InChI=1S/C12H17BrN2O/c13-10-6-9(14)4-5-12(10)15-11-3-1-2-8(11)7-16/h4-6,8,11,15-16H,1-3,7,14H2. The minimum Gasteiger partial charge on any atom is -0.399 e. The van der Waals surface area contributed by atoms with Crippen LogP contribution in [-0.2, 0) is 0 Å². The molecule has 0 amide bonds. The van der Waals surface area contributed by atoms with Crippen LogP contribution in [0.4, 0.5) is 11.4 Å². The second kappa shape index (κ2) is 5.06. The van der Waals surface area contributed by atoms with Crippen molar-refractivity contribution in [2.45, 2.75) is 25.3 Å². The molecule has 0 aliphatic heterocycles. The van der Waals surface area contributed by atoms with Gasteiger partial charge in [0.05, 0.1) is 0 Å². The van der Waals surface area contributed by atoms with E-state index in [2.05, 4.69) is 21.2 Å². The molecule has 1 fully saturated rings. The molecule has 1 aromatic rings. The molecule has 2 rings (SSSR count). The lowest BCUT2D eigenvalue weighted by Gasteiger charge is -2.21. The normalized spacial score (nSPS) is 24.6. The van der Waals surface area contributed by atoms with Gasteiger partial charge in [-0.05, 0) is 47.0 Å². The summed E-state index contributed by atoms with van der Waals surface area (Å²) in [5.74, 6) is 0.379. The Bertz CT molecular complexity index is 370. The van der Waals surface area contributed by atoms with Gasteiger partial charge in [0.2, 0.25) is 0 Å². The Balaban J connectivity index is 2.08. The summed E-state index contributed by atoms with van der Waals surface area (Å²) >= 11 is 3.49. The molecule has 88 valence electrons. The summed E-state index contributed by atoms with van der Waals surface area (Å²) in [6.07, 6.45) is 3.43. The number of hydrogen-bond acceptors (Lipinski definition) is 3. The van der Waals surface area contributed by atoms with E-state index < -0.39 is 0 Å². The van der Waals surface area contributed by atoms with Crippen molar-refractivity contribution in [3.63, 3.8) is 0 Å². The van der Waals surface area contributed by atoms with Crippen molar-refractivity contribution in [3.8, 4) is 0 Å². The van der Waals surface area contributed by atoms with E-state index in [1.54, 1.807) is 0 Å². The fourth-order valence-corrected chi connectivity index (χ4v) is 2.80. The summed E-state index contributed by atoms with van der Waals surface area (Å²) in [6, 6.07) is 6.14. The van der Waals surface area contributed by atoms with Gasteiger partial charge in [-0.25, -0.2) is 0 Å². The summed E-state index contributed by atoms with van der Waals surface area (Å²) in [5.41, 5.74) is 7.50. The van der Waals surface area contributed by atoms with E-state index in [1.807, 2.05) is 18.2 Å². The maximum absolute atomic E-state index is 9.26. The average molecular weight is 285 g/mol. The zero-order chi connectivity index (χ0) is 11.5. The smallest absolute Gasteiger partial charge is 0.0488 e. The third-order valence-corrected chi connectivity index (χ3v) is 3.88. The number of nitrogens with two attached hydrogens (primary N) is 1. The van der Waals surface area contributed by atoms with Crippen molar-refractivity contribution in [3.05, 3.63) is 22.7 Å². The molecule has 2 unspecified atom stereocenters. The third kappa shape index (κ3) is 2.50. The number of aliphatic hydroxyl groups is 1. The minimum atomic E-state index is 0.268. The summed E-state index contributed by atoms with van der Waals surface area (Å²) < 4.78 is 0.982. The van der Waals surface area contributed by atoms with Crippen molar-refractivity contribution >= 4 is 27.3 Å². The number of anilines is 2. The highest BCUT2D eigenvalue weighted by molar-refractivity contribution is 9.10. The van der Waals surface area contributed by atoms with E-state index in [-0.39, 0.29) is 6.61 Å². The Kier molecular flexibility index (Phi) is 3.71. The van der Waals surface area contributed by atoms with Gasteiger partial charge in [0.1, 0.15) is 0 Å². The van der Waals surface area contributed by atoms with Crippen molar-refractivity contribution in [2.24, 2.45) is 5.92 Å². The van der Waals surface area contributed by atoms with Crippen LogP contribution in [0.2, 0.25) is 0 Å². The molecule has 0 aromatic heterocycles. The molecule has 4 heteroatoms. The van der Waals surface area contributed by atoms with Crippen LogP contribution in [0.3, 0.4) is 0 Å². The molecule has 2 atom stereocenters. The molecule has 0 spiro atoms. The molecule has 1 aromatic carbocycles. The SMILES string of the molecule is Nc1ccc(NC2CCCC2CO)c(Br)c1. The molecule has 16 heavy (non-hydrogen) atoms. The monoisotopic (exact) mass is 284 g/mol. The maximum atomic E-state index is 9.26. The molecule has 0 saturated heterocycles. The highest BCUT2D eigenvalue weighted by atomic mass is 79.9. The molecule has 0 heterocycles. The van der Waals surface area contributed by atoms with Gasteiger partial charge in [-0.2, -0.15) is 0 Å². The van der Waals surface area contributed by atoms with Crippen molar-refractivity contribution in [1.29, 1.82) is 0 Å². The van der Waals surface area contributed by atoms with Gasteiger partial charge >= 0.3 is 0 Å². The molecule has 1 saturated carbocycles. The van der Waals surface area contributed by atoms with E-state index in [0.29, 0.717) is 12.0 Å². The lowest BCUT2D eigenvalue weighted by molar-refractivity contribution is 0.222. The second-order valence-corrected chi connectivity index (χ2v) is 5.22. The summed E-state index contributed by atoms with van der Waals surface area (Å²) in [5, 5.41) is 12.7. The fourth-order valence-electron chi connectivity index (χ4n) is 2.29. The number of nitrogens with one attached hydrogen (secondary N) is 1. The van der Waals surface area contributed by atoms with Crippen LogP contribution in [-0.4, -0.2) is 17.8 Å². The second-order valence-electron chi connectivity index (χ2n) is 4.36. The van der Waals surface area contributed by atoms with Gasteiger partial charge in [-0.1, -0.05) is 6.42 Å². The van der Waals surface area contributed by atoms with Crippen LogP contribution >= 0.6 is 15.9 Å². The van der Waals surface area contributed by atoms with Crippen molar-refractivity contribution in [2.75, 3.05) is 17.7 Å². The minimum absolute atomic E-state index is 0.268. The van der Waals surface area contributed by atoms with E-state index >= 15 is 0 Å². The largest absolute Gasteiger partial charge is 0.399 e. The van der Waals surface area contributed by atoms with E-state index in [0.717, 1.165) is 28.7 Å². The predicted molar refractivity (Wildman–Crippen MR) is 70.4 cm³/mol. The number of nitrogen functional groups attached to an aromatic ring is 1. The van der Waals surface area contributed by atoms with Gasteiger partial charge in [-0.15, -0.1) is 0 Å². The van der Waals surface area contributed by atoms with Crippen LogP contribution in [0, 0.1) is 5.92 Å². The van der Waals surface area contributed by atoms with Crippen molar-refractivity contribution in [1.82, 2.24) is 0 Å². The quantitative estimate of drug-likeness (QED) is 0.748. The Morgan fingerprint density at radius 2 is 2.25 bits per heavy atom. The van der Waals surface area contributed by atoms with Gasteiger partial charge in [0.15, 0.2) is 0 Å². The van der Waals surface area contributed by atoms with Gasteiger partial charge in [0, 0.05) is 34.4 Å². The number of halogens is 1. The number of rotatable bonds is 3. The topological polar surface area (TPSA) is 58.3 Å². The van der Waals surface area contributed by atoms with Gasteiger partial charge in [-0.3, -0.25) is 0 Å². The molecular formula is C12H17BrN2O. The summed E-state index contributed by atoms with van der Waals surface area (Å²) in [6.45, 7) is 0.268.